The summed E-state index contributed by atoms with van der Waals surface area (Å²) in [5.74, 6) is -0.413. The predicted molar refractivity (Wildman–Crippen MR) is 106 cm³/mol. The number of rotatable bonds is 4. The van der Waals surface area contributed by atoms with Gasteiger partial charge in [0.2, 0.25) is 5.78 Å². The van der Waals surface area contributed by atoms with Gasteiger partial charge in [0.05, 0.1) is 18.2 Å². The second-order valence-electron chi connectivity index (χ2n) is 6.08. The number of ether oxygens (including phenoxy) is 3. The Morgan fingerprint density at radius 3 is 2.52 bits per heavy atom. The van der Waals surface area contributed by atoms with Crippen molar-refractivity contribution in [2.24, 2.45) is 0 Å². The number of fused-ring (bicyclic) bond motifs is 1. The van der Waals surface area contributed by atoms with Crippen LogP contribution in [0.15, 0.2) is 65.7 Å². The van der Waals surface area contributed by atoms with Gasteiger partial charge in [-0.1, -0.05) is 18.2 Å². The molecule has 0 bridgehead atoms. The maximum atomic E-state index is 12.6. The molecule has 0 saturated heterocycles. The lowest BCUT2D eigenvalue weighted by atomic mass is 10.1. The number of esters is 2. The summed E-state index contributed by atoms with van der Waals surface area (Å²) in [5.41, 5.74) is 1.49. The van der Waals surface area contributed by atoms with E-state index in [0.29, 0.717) is 33.1 Å². The molecular weight excluding hydrogens is 392 g/mol. The van der Waals surface area contributed by atoms with Crippen LogP contribution < -0.4 is 9.47 Å². The van der Waals surface area contributed by atoms with Crippen molar-refractivity contribution in [1.29, 1.82) is 0 Å². The minimum Gasteiger partial charge on any atom is -0.465 e. The number of thiophene rings is 1. The molecule has 0 radical (unpaired) electrons. The molecule has 0 aliphatic carbocycles. The smallest absolute Gasteiger partial charge is 0.353 e. The number of hydrogen-bond donors (Lipinski definition) is 0. The van der Waals surface area contributed by atoms with Crippen LogP contribution in [0.4, 0.5) is 0 Å². The molecule has 2 aromatic carbocycles. The van der Waals surface area contributed by atoms with E-state index in [1.807, 2.05) is 0 Å². The number of carbonyl (C=O) groups is 3. The SMILES string of the molecule is COC(=O)c1ccc(C=C2Oc3cc(OC(=O)c4cccs4)ccc3C2=O)cc1. The molecule has 1 aliphatic rings. The third kappa shape index (κ3) is 3.81. The Morgan fingerprint density at radius 1 is 1.03 bits per heavy atom. The summed E-state index contributed by atoms with van der Waals surface area (Å²) in [4.78, 5) is 36.6. The summed E-state index contributed by atoms with van der Waals surface area (Å²) < 4.78 is 15.7. The number of allylic oxidation sites excluding steroid dienone is 1. The molecule has 7 heteroatoms. The average molecular weight is 406 g/mol. The summed E-state index contributed by atoms with van der Waals surface area (Å²) in [7, 11) is 1.31. The summed E-state index contributed by atoms with van der Waals surface area (Å²) in [6.07, 6.45) is 1.58. The Balaban J connectivity index is 1.52. The van der Waals surface area contributed by atoms with Gasteiger partial charge in [0.25, 0.3) is 0 Å². The molecule has 4 rings (SSSR count). The van der Waals surface area contributed by atoms with Crippen LogP contribution in [0.25, 0.3) is 6.08 Å². The minimum atomic E-state index is -0.467. The van der Waals surface area contributed by atoms with Crippen LogP contribution in [0.3, 0.4) is 0 Å². The maximum absolute atomic E-state index is 12.6. The van der Waals surface area contributed by atoms with Gasteiger partial charge in [0, 0.05) is 6.07 Å². The van der Waals surface area contributed by atoms with Gasteiger partial charge in [0.15, 0.2) is 5.76 Å². The molecule has 1 aliphatic heterocycles. The van der Waals surface area contributed by atoms with E-state index in [1.54, 1.807) is 60.0 Å². The summed E-state index contributed by atoms with van der Waals surface area (Å²) in [6.45, 7) is 0. The number of carbonyl (C=O) groups excluding carboxylic acids is 3. The molecule has 3 aromatic rings. The van der Waals surface area contributed by atoms with Gasteiger partial charge >= 0.3 is 11.9 Å². The Kier molecular flexibility index (Phi) is 4.97. The highest BCUT2D eigenvalue weighted by atomic mass is 32.1. The van der Waals surface area contributed by atoms with E-state index in [4.69, 9.17) is 9.47 Å². The van der Waals surface area contributed by atoms with Crippen LogP contribution in [0.5, 0.6) is 11.5 Å². The van der Waals surface area contributed by atoms with Crippen molar-refractivity contribution >= 4 is 35.1 Å². The van der Waals surface area contributed by atoms with Gasteiger partial charge in [-0.05, 0) is 47.4 Å². The van der Waals surface area contributed by atoms with Crippen LogP contribution >= 0.6 is 11.3 Å². The Hall–Kier alpha value is -3.71. The third-order valence-corrected chi connectivity index (χ3v) is 5.05. The second kappa shape index (κ2) is 7.73. The zero-order valence-corrected chi connectivity index (χ0v) is 16.0. The fraction of sp³-hybridized carbons (Fsp3) is 0.0455. The topological polar surface area (TPSA) is 78.9 Å². The average Bonchev–Trinajstić information content (AvgIpc) is 3.37. The highest BCUT2D eigenvalue weighted by molar-refractivity contribution is 7.12. The van der Waals surface area contributed by atoms with Gasteiger partial charge in [0.1, 0.15) is 16.4 Å². The quantitative estimate of drug-likeness (QED) is 0.364. The normalized spacial score (nSPS) is 13.7. The standard InChI is InChI=1S/C22H14O6S/c1-26-21(24)14-6-4-13(5-7-14)11-18-20(23)16-9-8-15(12-17(16)28-18)27-22(25)19-3-2-10-29-19/h2-12H,1H3. The fourth-order valence-electron chi connectivity index (χ4n) is 2.77. The molecule has 0 spiro atoms. The van der Waals surface area contributed by atoms with Crippen LogP contribution in [0.1, 0.15) is 36.0 Å². The Morgan fingerprint density at radius 2 is 1.83 bits per heavy atom. The van der Waals surface area contributed by atoms with Crippen molar-refractivity contribution in [1.82, 2.24) is 0 Å². The fourth-order valence-corrected chi connectivity index (χ4v) is 3.37. The lowest BCUT2D eigenvalue weighted by Crippen LogP contribution is -2.06. The highest BCUT2D eigenvalue weighted by Crippen LogP contribution is 2.35. The molecule has 2 heterocycles. The van der Waals surface area contributed by atoms with E-state index in [2.05, 4.69) is 4.74 Å². The molecule has 0 atom stereocenters. The first kappa shape index (κ1) is 18.6. The molecule has 0 amide bonds. The van der Waals surface area contributed by atoms with Crippen LogP contribution in [0, 0.1) is 0 Å². The van der Waals surface area contributed by atoms with Crippen LogP contribution in [-0.4, -0.2) is 24.8 Å². The van der Waals surface area contributed by atoms with Crippen molar-refractivity contribution in [2.45, 2.75) is 0 Å². The van der Waals surface area contributed by atoms with Crippen LogP contribution in [-0.2, 0) is 4.74 Å². The molecule has 6 nitrogen and oxygen atoms in total. The Labute approximate surface area is 170 Å². The largest absolute Gasteiger partial charge is 0.465 e. The van der Waals surface area contributed by atoms with Crippen LogP contribution in [0.2, 0.25) is 0 Å². The molecule has 0 saturated carbocycles. The molecule has 0 fully saturated rings. The van der Waals surface area contributed by atoms with E-state index in [0.717, 1.165) is 0 Å². The van der Waals surface area contributed by atoms with Crippen molar-refractivity contribution < 1.29 is 28.6 Å². The van der Waals surface area contributed by atoms with Crippen molar-refractivity contribution in [2.75, 3.05) is 7.11 Å². The van der Waals surface area contributed by atoms with Gasteiger partial charge in [-0.15, -0.1) is 11.3 Å². The number of methoxy groups -OCH3 is 1. The summed E-state index contributed by atoms with van der Waals surface area (Å²) in [5, 5.41) is 1.79. The molecule has 144 valence electrons. The predicted octanol–water partition coefficient (Wildman–Crippen LogP) is 4.37. The highest BCUT2D eigenvalue weighted by Gasteiger charge is 2.28. The zero-order valence-electron chi connectivity index (χ0n) is 15.2. The van der Waals surface area contributed by atoms with Crippen molar-refractivity contribution in [3.05, 3.63) is 87.3 Å². The van der Waals surface area contributed by atoms with Crippen molar-refractivity contribution in [3.8, 4) is 11.5 Å². The maximum Gasteiger partial charge on any atom is 0.353 e. The monoisotopic (exact) mass is 406 g/mol. The summed E-state index contributed by atoms with van der Waals surface area (Å²) >= 11 is 1.28. The summed E-state index contributed by atoms with van der Waals surface area (Å²) in [6, 6.07) is 14.7. The Bertz CT molecular complexity index is 1130. The lowest BCUT2D eigenvalue weighted by Gasteiger charge is -2.04. The van der Waals surface area contributed by atoms with Gasteiger partial charge in [-0.2, -0.15) is 0 Å². The van der Waals surface area contributed by atoms with E-state index in [-0.39, 0.29) is 11.5 Å². The lowest BCUT2D eigenvalue weighted by molar-refractivity contribution is 0.0600. The molecule has 0 unspecified atom stereocenters. The number of Topliss-reactive ketones (excluding diaryl/α,β-unsaturated/α-hetero) is 1. The van der Waals surface area contributed by atoms with Gasteiger partial charge in [-0.25, -0.2) is 9.59 Å². The molecular formula is C22H14O6S. The van der Waals surface area contributed by atoms with Gasteiger partial charge < -0.3 is 14.2 Å². The third-order valence-electron chi connectivity index (χ3n) is 4.20. The molecule has 0 N–H and O–H groups in total. The van der Waals surface area contributed by atoms with Crippen molar-refractivity contribution in [3.63, 3.8) is 0 Å². The first-order chi connectivity index (χ1) is 14.0. The van der Waals surface area contributed by atoms with E-state index in [1.165, 1.54) is 24.5 Å². The first-order valence-electron chi connectivity index (χ1n) is 8.57. The number of benzene rings is 2. The molecule has 29 heavy (non-hydrogen) atoms. The van der Waals surface area contributed by atoms with E-state index < -0.39 is 11.9 Å². The molecule has 1 aromatic heterocycles. The van der Waals surface area contributed by atoms with E-state index in [9.17, 15) is 14.4 Å². The first-order valence-corrected chi connectivity index (χ1v) is 9.45. The zero-order chi connectivity index (χ0) is 20.4. The minimum absolute atomic E-state index is 0.146. The number of ketones is 1. The number of hydrogen-bond acceptors (Lipinski definition) is 7. The van der Waals surface area contributed by atoms with E-state index >= 15 is 0 Å². The van der Waals surface area contributed by atoms with Gasteiger partial charge in [-0.3, -0.25) is 4.79 Å². The second-order valence-corrected chi connectivity index (χ2v) is 7.03.